The lowest BCUT2D eigenvalue weighted by atomic mass is 10.1. The van der Waals surface area contributed by atoms with Crippen molar-refractivity contribution in [2.75, 3.05) is 0 Å². The highest BCUT2D eigenvalue weighted by Crippen LogP contribution is 2.39. The number of rotatable bonds is 3. The average Bonchev–Trinajstić information content (AvgIpc) is 2.47. The maximum atomic E-state index is 11.0. The molecule has 1 rings (SSSR count). The molecule has 2 unspecified atom stereocenters. The summed E-state index contributed by atoms with van der Waals surface area (Å²) in [7, 11) is 0. The van der Waals surface area contributed by atoms with Crippen molar-refractivity contribution in [3.63, 3.8) is 0 Å². The van der Waals surface area contributed by atoms with Crippen molar-refractivity contribution in [2.24, 2.45) is 11.8 Å². The van der Waals surface area contributed by atoms with Gasteiger partial charge < -0.3 is 0 Å². The van der Waals surface area contributed by atoms with Crippen LogP contribution in [0.15, 0.2) is 0 Å². The Labute approximate surface area is 56.4 Å². The van der Waals surface area contributed by atoms with Gasteiger partial charge in [0.2, 0.25) is 0 Å². The van der Waals surface area contributed by atoms with Gasteiger partial charge in [-0.2, -0.15) is 0 Å². The van der Waals surface area contributed by atoms with Crippen LogP contribution in [0.4, 0.5) is 0 Å². The SMILES string of the molecule is CCCC(=O)C1CC1C. The van der Waals surface area contributed by atoms with Gasteiger partial charge in [-0.3, -0.25) is 4.79 Å². The summed E-state index contributed by atoms with van der Waals surface area (Å²) < 4.78 is 0. The van der Waals surface area contributed by atoms with Crippen LogP contribution in [-0.2, 0) is 4.79 Å². The van der Waals surface area contributed by atoms with Crippen LogP contribution in [-0.4, -0.2) is 5.78 Å². The lowest BCUT2D eigenvalue weighted by Crippen LogP contribution is -1.99. The normalized spacial score (nSPS) is 32.2. The van der Waals surface area contributed by atoms with E-state index in [2.05, 4.69) is 13.8 Å². The molecule has 1 nitrogen and oxygen atoms in total. The number of ketones is 1. The molecule has 0 radical (unpaired) electrons. The quantitative estimate of drug-likeness (QED) is 0.565. The third-order valence-corrected chi connectivity index (χ3v) is 2.02. The highest BCUT2D eigenvalue weighted by molar-refractivity contribution is 5.83. The van der Waals surface area contributed by atoms with E-state index in [9.17, 15) is 4.79 Å². The fourth-order valence-electron chi connectivity index (χ4n) is 1.20. The van der Waals surface area contributed by atoms with Crippen molar-refractivity contribution in [2.45, 2.75) is 33.1 Å². The van der Waals surface area contributed by atoms with E-state index < -0.39 is 0 Å². The molecule has 1 aliphatic rings. The molecule has 9 heavy (non-hydrogen) atoms. The van der Waals surface area contributed by atoms with Crippen molar-refractivity contribution in [3.8, 4) is 0 Å². The predicted octanol–water partition coefficient (Wildman–Crippen LogP) is 2.01. The summed E-state index contributed by atoms with van der Waals surface area (Å²) in [5.74, 6) is 1.64. The summed E-state index contributed by atoms with van der Waals surface area (Å²) in [5.41, 5.74) is 0. The molecule has 0 aromatic carbocycles. The number of Topliss-reactive ketones (excluding diaryl/α,β-unsaturated/α-hetero) is 1. The summed E-state index contributed by atoms with van der Waals surface area (Å²) in [4.78, 5) is 11.0. The molecule has 0 aromatic heterocycles. The predicted molar refractivity (Wildman–Crippen MR) is 37.2 cm³/mol. The minimum absolute atomic E-state index is 0.449. The molecule has 2 atom stereocenters. The molecule has 0 bridgehead atoms. The summed E-state index contributed by atoms with van der Waals surface area (Å²) >= 11 is 0. The van der Waals surface area contributed by atoms with Gasteiger partial charge in [-0.15, -0.1) is 0 Å². The van der Waals surface area contributed by atoms with Crippen LogP contribution >= 0.6 is 0 Å². The lowest BCUT2D eigenvalue weighted by Gasteiger charge is -1.91. The maximum Gasteiger partial charge on any atom is 0.136 e. The highest BCUT2D eigenvalue weighted by Gasteiger charge is 2.37. The molecular weight excluding hydrogens is 112 g/mol. The van der Waals surface area contributed by atoms with Gasteiger partial charge in [0.1, 0.15) is 5.78 Å². The molecule has 1 heteroatoms. The molecule has 1 aliphatic carbocycles. The van der Waals surface area contributed by atoms with Crippen molar-refractivity contribution in [3.05, 3.63) is 0 Å². The minimum Gasteiger partial charge on any atom is -0.299 e. The number of hydrogen-bond donors (Lipinski definition) is 0. The zero-order valence-electron chi connectivity index (χ0n) is 6.18. The maximum absolute atomic E-state index is 11.0. The topological polar surface area (TPSA) is 17.1 Å². The summed E-state index contributed by atoms with van der Waals surface area (Å²) in [6.07, 6.45) is 2.97. The van der Waals surface area contributed by atoms with Gasteiger partial charge in [-0.1, -0.05) is 13.8 Å². The van der Waals surface area contributed by atoms with Gasteiger partial charge in [-0.25, -0.2) is 0 Å². The summed E-state index contributed by atoms with van der Waals surface area (Å²) in [6.45, 7) is 4.21. The molecule has 0 N–H and O–H groups in total. The molecular formula is C8H14O. The Morgan fingerprint density at radius 2 is 2.22 bits per heavy atom. The van der Waals surface area contributed by atoms with Crippen LogP contribution in [0.2, 0.25) is 0 Å². The van der Waals surface area contributed by atoms with E-state index in [0.717, 1.165) is 19.3 Å². The van der Waals surface area contributed by atoms with Gasteiger partial charge in [-0.05, 0) is 18.8 Å². The van der Waals surface area contributed by atoms with Gasteiger partial charge >= 0.3 is 0 Å². The Hall–Kier alpha value is -0.330. The third kappa shape index (κ3) is 1.54. The van der Waals surface area contributed by atoms with E-state index in [1.165, 1.54) is 0 Å². The average molecular weight is 126 g/mol. The highest BCUT2D eigenvalue weighted by atomic mass is 16.1. The fourth-order valence-corrected chi connectivity index (χ4v) is 1.20. The first-order chi connectivity index (χ1) is 4.25. The Kier molecular flexibility index (Phi) is 1.89. The van der Waals surface area contributed by atoms with Crippen molar-refractivity contribution < 1.29 is 4.79 Å². The van der Waals surface area contributed by atoms with Crippen LogP contribution in [0.5, 0.6) is 0 Å². The summed E-state index contributed by atoms with van der Waals surface area (Å²) in [6, 6.07) is 0. The summed E-state index contributed by atoms with van der Waals surface area (Å²) in [5, 5.41) is 0. The van der Waals surface area contributed by atoms with Crippen LogP contribution in [0, 0.1) is 11.8 Å². The zero-order valence-corrected chi connectivity index (χ0v) is 6.18. The molecule has 1 saturated carbocycles. The molecule has 0 heterocycles. The first-order valence-electron chi connectivity index (χ1n) is 3.78. The molecule has 0 aliphatic heterocycles. The third-order valence-electron chi connectivity index (χ3n) is 2.02. The Balaban J connectivity index is 2.20. The molecule has 0 aromatic rings. The van der Waals surface area contributed by atoms with Crippen molar-refractivity contribution in [1.82, 2.24) is 0 Å². The van der Waals surface area contributed by atoms with Crippen LogP contribution in [0.1, 0.15) is 33.1 Å². The van der Waals surface area contributed by atoms with Crippen molar-refractivity contribution >= 4 is 5.78 Å². The smallest absolute Gasteiger partial charge is 0.136 e. The van der Waals surface area contributed by atoms with E-state index in [-0.39, 0.29) is 0 Å². The number of carbonyl (C=O) groups is 1. The molecule has 0 spiro atoms. The number of carbonyl (C=O) groups excluding carboxylic acids is 1. The van der Waals surface area contributed by atoms with Gasteiger partial charge in [0, 0.05) is 12.3 Å². The van der Waals surface area contributed by atoms with Crippen molar-refractivity contribution in [1.29, 1.82) is 0 Å². The fraction of sp³-hybridized carbons (Fsp3) is 0.875. The van der Waals surface area contributed by atoms with Crippen LogP contribution in [0.3, 0.4) is 0 Å². The Bertz CT molecular complexity index is 118. The van der Waals surface area contributed by atoms with Gasteiger partial charge in [0.25, 0.3) is 0 Å². The molecule has 0 amide bonds. The number of hydrogen-bond acceptors (Lipinski definition) is 1. The standard InChI is InChI=1S/C8H14O/c1-3-4-8(9)7-5-6(7)2/h6-7H,3-5H2,1-2H3. The van der Waals surface area contributed by atoms with E-state index >= 15 is 0 Å². The van der Waals surface area contributed by atoms with Gasteiger partial charge in [0.05, 0.1) is 0 Å². The van der Waals surface area contributed by atoms with E-state index in [0.29, 0.717) is 17.6 Å². The Morgan fingerprint density at radius 1 is 1.67 bits per heavy atom. The van der Waals surface area contributed by atoms with Crippen LogP contribution in [0.25, 0.3) is 0 Å². The lowest BCUT2D eigenvalue weighted by molar-refractivity contribution is -0.120. The largest absolute Gasteiger partial charge is 0.299 e. The molecule has 52 valence electrons. The first kappa shape index (κ1) is 6.79. The second-order valence-electron chi connectivity index (χ2n) is 3.04. The van der Waals surface area contributed by atoms with Gasteiger partial charge in [0.15, 0.2) is 0 Å². The zero-order chi connectivity index (χ0) is 6.85. The van der Waals surface area contributed by atoms with E-state index in [1.54, 1.807) is 0 Å². The first-order valence-corrected chi connectivity index (χ1v) is 3.78. The molecule has 0 saturated heterocycles. The monoisotopic (exact) mass is 126 g/mol. The Morgan fingerprint density at radius 3 is 2.56 bits per heavy atom. The molecule has 1 fully saturated rings. The second-order valence-corrected chi connectivity index (χ2v) is 3.04. The van der Waals surface area contributed by atoms with E-state index in [1.807, 2.05) is 0 Å². The van der Waals surface area contributed by atoms with Crippen LogP contribution < -0.4 is 0 Å². The second kappa shape index (κ2) is 2.51. The van der Waals surface area contributed by atoms with E-state index in [4.69, 9.17) is 0 Å². The minimum atomic E-state index is 0.449.